The van der Waals surface area contributed by atoms with Crippen molar-refractivity contribution in [1.82, 2.24) is 0 Å². The Labute approximate surface area is 167 Å². The van der Waals surface area contributed by atoms with Gasteiger partial charge in [-0.2, -0.15) is 0 Å². The van der Waals surface area contributed by atoms with Gasteiger partial charge in [-0.05, 0) is 54.1 Å². The van der Waals surface area contributed by atoms with E-state index < -0.39 is 6.10 Å². The van der Waals surface area contributed by atoms with Crippen LogP contribution >= 0.6 is 15.9 Å². The van der Waals surface area contributed by atoms with E-state index in [1.165, 1.54) is 0 Å². The molecule has 0 heterocycles. The summed E-state index contributed by atoms with van der Waals surface area (Å²) in [7, 11) is 0. The van der Waals surface area contributed by atoms with Crippen LogP contribution in [0.1, 0.15) is 5.56 Å². The van der Waals surface area contributed by atoms with Crippen LogP contribution < -0.4 is 14.8 Å². The smallest absolute Gasteiger partial charge is 0.120 e. The van der Waals surface area contributed by atoms with Gasteiger partial charge in [0.2, 0.25) is 0 Å². The summed E-state index contributed by atoms with van der Waals surface area (Å²) < 4.78 is 12.4. The first-order chi connectivity index (χ1) is 13.2. The van der Waals surface area contributed by atoms with E-state index in [0.29, 0.717) is 18.9 Å². The maximum absolute atomic E-state index is 10.1. The van der Waals surface area contributed by atoms with Crippen LogP contribution in [-0.4, -0.2) is 24.4 Å². The highest BCUT2D eigenvalue weighted by atomic mass is 79.9. The van der Waals surface area contributed by atoms with Crippen molar-refractivity contribution in [3.63, 3.8) is 0 Å². The molecule has 4 nitrogen and oxygen atoms in total. The van der Waals surface area contributed by atoms with Gasteiger partial charge in [-0.25, -0.2) is 0 Å². The van der Waals surface area contributed by atoms with Crippen LogP contribution in [0.3, 0.4) is 0 Å². The Morgan fingerprint density at radius 2 is 1.44 bits per heavy atom. The predicted octanol–water partition coefficient (Wildman–Crippen LogP) is 4.88. The number of hydrogen-bond donors (Lipinski definition) is 2. The molecule has 3 aromatic rings. The fourth-order valence-corrected chi connectivity index (χ4v) is 2.69. The number of aliphatic hydroxyl groups is 1. The van der Waals surface area contributed by atoms with Crippen molar-refractivity contribution in [2.24, 2.45) is 0 Å². The summed E-state index contributed by atoms with van der Waals surface area (Å²) in [5.74, 6) is 1.48. The summed E-state index contributed by atoms with van der Waals surface area (Å²) in [6.45, 7) is 1.16. The Bertz CT molecular complexity index is 807. The number of ether oxygens (including phenoxy) is 2. The van der Waals surface area contributed by atoms with Gasteiger partial charge in [0, 0.05) is 16.7 Å². The maximum atomic E-state index is 10.1. The third-order valence-electron chi connectivity index (χ3n) is 3.90. The van der Waals surface area contributed by atoms with E-state index in [0.717, 1.165) is 21.5 Å². The van der Waals surface area contributed by atoms with Gasteiger partial charge in [-0.15, -0.1) is 0 Å². The summed E-state index contributed by atoms with van der Waals surface area (Å²) in [5.41, 5.74) is 2.08. The lowest BCUT2D eigenvalue weighted by Gasteiger charge is -2.14. The van der Waals surface area contributed by atoms with E-state index in [4.69, 9.17) is 9.47 Å². The lowest BCUT2D eigenvalue weighted by atomic mass is 10.2. The van der Waals surface area contributed by atoms with Gasteiger partial charge in [-0.1, -0.05) is 46.3 Å². The lowest BCUT2D eigenvalue weighted by molar-refractivity contribution is 0.117. The predicted molar refractivity (Wildman–Crippen MR) is 111 cm³/mol. The fourth-order valence-electron chi connectivity index (χ4n) is 2.43. The highest BCUT2D eigenvalue weighted by Gasteiger charge is 2.06. The molecule has 2 N–H and O–H groups in total. The monoisotopic (exact) mass is 427 g/mol. The average Bonchev–Trinajstić information content (AvgIpc) is 2.72. The second kappa shape index (κ2) is 10.00. The molecule has 0 spiro atoms. The van der Waals surface area contributed by atoms with Crippen LogP contribution in [0.15, 0.2) is 83.3 Å². The zero-order valence-electron chi connectivity index (χ0n) is 14.8. The molecule has 27 heavy (non-hydrogen) atoms. The fraction of sp³-hybridized carbons (Fsp3) is 0.182. The second-order valence-electron chi connectivity index (χ2n) is 6.10. The standard InChI is InChI=1S/C22H22BrNO3/c23-18-6-8-19(9-7-18)24-14-20(25)16-27-22-12-10-21(11-13-22)26-15-17-4-2-1-3-5-17/h1-13,20,24-25H,14-16H2. The van der Waals surface area contributed by atoms with E-state index in [1.807, 2.05) is 78.9 Å². The molecule has 1 atom stereocenters. The normalized spacial score (nSPS) is 11.6. The average molecular weight is 428 g/mol. The van der Waals surface area contributed by atoms with E-state index >= 15 is 0 Å². The number of hydrogen-bond acceptors (Lipinski definition) is 4. The summed E-state index contributed by atoms with van der Waals surface area (Å²) in [6, 6.07) is 25.2. The van der Waals surface area contributed by atoms with E-state index in [9.17, 15) is 5.11 Å². The molecule has 3 aromatic carbocycles. The van der Waals surface area contributed by atoms with Crippen LogP contribution in [0.5, 0.6) is 11.5 Å². The van der Waals surface area contributed by atoms with E-state index in [1.54, 1.807) is 0 Å². The molecule has 3 rings (SSSR count). The SMILES string of the molecule is OC(CNc1ccc(Br)cc1)COc1ccc(OCc2ccccc2)cc1. The van der Waals surface area contributed by atoms with Crippen molar-refractivity contribution in [2.75, 3.05) is 18.5 Å². The number of anilines is 1. The second-order valence-corrected chi connectivity index (χ2v) is 7.01. The molecular formula is C22H22BrNO3. The third-order valence-corrected chi connectivity index (χ3v) is 4.43. The Morgan fingerprint density at radius 3 is 2.11 bits per heavy atom. The molecule has 0 aromatic heterocycles. The molecule has 5 heteroatoms. The molecule has 0 bridgehead atoms. The summed E-state index contributed by atoms with van der Waals surface area (Å²) >= 11 is 3.40. The summed E-state index contributed by atoms with van der Waals surface area (Å²) in [4.78, 5) is 0. The Morgan fingerprint density at radius 1 is 0.815 bits per heavy atom. The zero-order valence-corrected chi connectivity index (χ0v) is 16.4. The quantitative estimate of drug-likeness (QED) is 0.510. The van der Waals surface area contributed by atoms with Gasteiger partial charge in [-0.3, -0.25) is 0 Å². The molecule has 0 saturated heterocycles. The number of halogens is 1. The molecule has 0 aliphatic heterocycles. The number of benzene rings is 3. The number of aliphatic hydroxyl groups excluding tert-OH is 1. The lowest BCUT2D eigenvalue weighted by Crippen LogP contribution is -2.26. The van der Waals surface area contributed by atoms with Crippen molar-refractivity contribution in [3.8, 4) is 11.5 Å². The Kier molecular flexibility index (Phi) is 7.13. The topological polar surface area (TPSA) is 50.7 Å². The van der Waals surface area contributed by atoms with Gasteiger partial charge in [0.25, 0.3) is 0 Å². The molecule has 0 fully saturated rings. The molecule has 0 aliphatic carbocycles. The molecular weight excluding hydrogens is 406 g/mol. The summed E-state index contributed by atoms with van der Waals surface area (Å²) in [6.07, 6.45) is -0.609. The van der Waals surface area contributed by atoms with Gasteiger partial charge in [0.15, 0.2) is 0 Å². The van der Waals surface area contributed by atoms with Gasteiger partial charge in [0.1, 0.15) is 30.8 Å². The first-order valence-corrected chi connectivity index (χ1v) is 9.55. The minimum atomic E-state index is -0.609. The maximum Gasteiger partial charge on any atom is 0.120 e. The zero-order chi connectivity index (χ0) is 18.9. The van der Waals surface area contributed by atoms with Crippen molar-refractivity contribution < 1.29 is 14.6 Å². The first-order valence-electron chi connectivity index (χ1n) is 8.76. The molecule has 140 valence electrons. The van der Waals surface area contributed by atoms with Crippen LogP contribution in [0.4, 0.5) is 5.69 Å². The van der Waals surface area contributed by atoms with Gasteiger partial charge >= 0.3 is 0 Å². The molecule has 1 unspecified atom stereocenters. The Hall–Kier alpha value is -2.50. The molecule has 0 saturated carbocycles. The number of rotatable bonds is 9. The van der Waals surface area contributed by atoms with Crippen LogP contribution in [-0.2, 0) is 6.61 Å². The summed E-state index contributed by atoms with van der Waals surface area (Å²) in [5, 5.41) is 13.2. The van der Waals surface area contributed by atoms with Gasteiger partial charge in [0.05, 0.1) is 0 Å². The van der Waals surface area contributed by atoms with Crippen LogP contribution in [0.2, 0.25) is 0 Å². The molecule has 0 amide bonds. The van der Waals surface area contributed by atoms with Crippen LogP contribution in [0.25, 0.3) is 0 Å². The van der Waals surface area contributed by atoms with Crippen molar-refractivity contribution in [2.45, 2.75) is 12.7 Å². The van der Waals surface area contributed by atoms with E-state index in [2.05, 4.69) is 21.2 Å². The highest BCUT2D eigenvalue weighted by Crippen LogP contribution is 2.19. The van der Waals surface area contributed by atoms with Crippen molar-refractivity contribution >= 4 is 21.6 Å². The van der Waals surface area contributed by atoms with Crippen LogP contribution in [0, 0.1) is 0 Å². The number of nitrogens with one attached hydrogen (secondary N) is 1. The third kappa shape index (κ3) is 6.62. The molecule has 0 aliphatic rings. The largest absolute Gasteiger partial charge is 0.491 e. The van der Waals surface area contributed by atoms with Crippen molar-refractivity contribution in [1.29, 1.82) is 0 Å². The van der Waals surface area contributed by atoms with Crippen molar-refractivity contribution in [3.05, 3.63) is 88.9 Å². The minimum Gasteiger partial charge on any atom is -0.491 e. The van der Waals surface area contributed by atoms with E-state index in [-0.39, 0.29) is 6.61 Å². The first kappa shape index (κ1) is 19.3. The minimum absolute atomic E-state index is 0.216. The molecule has 0 radical (unpaired) electrons. The van der Waals surface area contributed by atoms with Gasteiger partial charge < -0.3 is 19.9 Å². The Balaban J connectivity index is 1.39. The highest BCUT2D eigenvalue weighted by molar-refractivity contribution is 9.10.